The van der Waals surface area contributed by atoms with Crippen molar-refractivity contribution in [1.29, 1.82) is 0 Å². The van der Waals surface area contributed by atoms with Crippen LogP contribution in [0.4, 0.5) is 13.2 Å². The van der Waals surface area contributed by atoms with E-state index >= 15 is 0 Å². The van der Waals surface area contributed by atoms with Crippen LogP contribution in [0.15, 0.2) is 24.3 Å². The molecule has 0 fully saturated rings. The van der Waals surface area contributed by atoms with Gasteiger partial charge in [0, 0.05) is 0 Å². The van der Waals surface area contributed by atoms with Gasteiger partial charge in [-0.1, -0.05) is 12.1 Å². The number of carbonyl (C=O) groups excluding carboxylic acids is 1. The number of rotatable bonds is 8. The van der Waals surface area contributed by atoms with E-state index < -0.39 is 36.6 Å². The van der Waals surface area contributed by atoms with Crippen molar-refractivity contribution < 1.29 is 37.3 Å². The molecule has 1 rings (SSSR count). The lowest BCUT2D eigenvalue weighted by Gasteiger charge is -2.19. The van der Waals surface area contributed by atoms with Crippen LogP contribution in [0.2, 0.25) is 0 Å². The summed E-state index contributed by atoms with van der Waals surface area (Å²) in [6.07, 6.45) is -7.48. The topological polar surface area (TPSA) is 84.9 Å². The van der Waals surface area contributed by atoms with E-state index in [0.717, 1.165) is 0 Å². The molecule has 2 unspecified atom stereocenters. The molecule has 1 aromatic carbocycles. The quantitative estimate of drug-likeness (QED) is 0.751. The first-order chi connectivity index (χ1) is 11.1. The Kier molecular flexibility index (Phi) is 7.02. The standard InChI is InChI=1S/C15H18F3NO5/c1-9(24-8-10-4-3-5-11(6-10)23-2)13(20)19-12(14(21)22)7-15(16,17)18/h3-6,9,12H,7-8H2,1-2H3,(H,19,20)(H,21,22). The van der Waals surface area contributed by atoms with Crippen molar-refractivity contribution in [3.05, 3.63) is 29.8 Å². The van der Waals surface area contributed by atoms with Crippen LogP contribution in [0.3, 0.4) is 0 Å². The van der Waals surface area contributed by atoms with Crippen molar-refractivity contribution in [2.75, 3.05) is 7.11 Å². The molecule has 0 aliphatic carbocycles. The summed E-state index contributed by atoms with van der Waals surface area (Å²) in [7, 11) is 1.49. The maximum Gasteiger partial charge on any atom is 0.391 e. The molecule has 0 aliphatic heterocycles. The number of aliphatic carboxylic acids is 1. The molecule has 0 saturated heterocycles. The van der Waals surface area contributed by atoms with Gasteiger partial charge >= 0.3 is 12.1 Å². The second-order valence-corrected chi connectivity index (χ2v) is 5.02. The lowest BCUT2D eigenvalue weighted by molar-refractivity contribution is -0.161. The zero-order valence-corrected chi connectivity index (χ0v) is 13.1. The molecule has 6 nitrogen and oxygen atoms in total. The molecule has 0 radical (unpaired) electrons. The fraction of sp³-hybridized carbons (Fsp3) is 0.467. The predicted octanol–water partition coefficient (Wildman–Crippen LogP) is 2.12. The Morgan fingerprint density at radius 3 is 2.54 bits per heavy atom. The highest BCUT2D eigenvalue weighted by Crippen LogP contribution is 2.21. The van der Waals surface area contributed by atoms with E-state index in [1.54, 1.807) is 24.3 Å². The van der Waals surface area contributed by atoms with Gasteiger partial charge in [-0.3, -0.25) is 4.79 Å². The summed E-state index contributed by atoms with van der Waals surface area (Å²) in [5, 5.41) is 10.6. The number of alkyl halides is 3. The minimum Gasteiger partial charge on any atom is -0.497 e. The maximum atomic E-state index is 12.3. The first-order valence-corrected chi connectivity index (χ1v) is 6.97. The molecule has 134 valence electrons. The smallest absolute Gasteiger partial charge is 0.391 e. The Labute approximate surface area is 136 Å². The van der Waals surface area contributed by atoms with Gasteiger partial charge in [-0.05, 0) is 24.6 Å². The van der Waals surface area contributed by atoms with Crippen LogP contribution in [-0.4, -0.2) is 42.4 Å². The van der Waals surface area contributed by atoms with Gasteiger partial charge in [0.2, 0.25) is 5.91 Å². The summed E-state index contributed by atoms with van der Waals surface area (Å²) >= 11 is 0. The molecule has 0 spiro atoms. The van der Waals surface area contributed by atoms with E-state index in [9.17, 15) is 22.8 Å². The number of nitrogens with one attached hydrogen (secondary N) is 1. The third kappa shape index (κ3) is 6.86. The zero-order valence-electron chi connectivity index (χ0n) is 13.1. The SMILES string of the molecule is COc1cccc(COC(C)C(=O)NC(CC(F)(F)F)C(=O)O)c1. The zero-order chi connectivity index (χ0) is 18.3. The van der Waals surface area contributed by atoms with Crippen LogP contribution in [0.25, 0.3) is 0 Å². The Balaban J connectivity index is 2.58. The highest BCUT2D eigenvalue weighted by Gasteiger charge is 2.36. The number of methoxy groups -OCH3 is 1. The van der Waals surface area contributed by atoms with Gasteiger partial charge in [0.1, 0.15) is 17.9 Å². The largest absolute Gasteiger partial charge is 0.497 e. The van der Waals surface area contributed by atoms with Gasteiger partial charge in [0.25, 0.3) is 0 Å². The number of carboxylic acid groups (broad SMARTS) is 1. The molecule has 0 aliphatic rings. The van der Waals surface area contributed by atoms with Crippen molar-refractivity contribution >= 4 is 11.9 Å². The van der Waals surface area contributed by atoms with Crippen LogP contribution in [0.1, 0.15) is 18.9 Å². The molecule has 9 heteroatoms. The summed E-state index contributed by atoms with van der Waals surface area (Å²) in [6.45, 7) is 1.34. The Hall–Kier alpha value is -2.29. The van der Waals surface area contributed by atoms with Gasteiger partial charge in [-0.2, -0.15) is 13.2 Å². The van der Waals surface area contributed by atoms with Crippen LogP contribution in [-0.2, 0) is 20.9 Å². The van der Waals surface area contributed by atoms with E-state index in [-0.39, 0.29) is 6.61 Å². The number of carbonyl (C=O) groups is 2. The summed E-state index contributed by atoms with van der Waals surface area (Å²) in [5.41, 5.74) is 0.694. The fourth-order valence-corrected chi connectivity index (χ4v) is 1.78. The van der Waals surface area contributed by atoms with Gasteiger partial charge < -0.3 is 19.9 Å². The second-order valence-electron chi connectivity index (χ2n) is 5.02. The van der Waals surface area contributed by atoms with Gasteiger partial charge in [0.15, 0.2) is 0 Å². The van der Waals surface area contributed by atoms with E-state index in [2.05, 4.69) is 0 Å². The Bertz CT molecular complexity index is 576. The van der Waals surface area contributed by atoms with Crippen LogP contribution in [0, 0.1) is 0 Å². The molecular weight excluding hydrogens is 331 g/mol. The number of benzene rings is 1. The second kappa shape index (κ2) is 8.53. The van der Waals surface area contributed by atoms with Crippen LogP contribution in [0.5, 0.6) is 5.75 Å². The minimum absolute atomic E-state index is 0.0167. The third-order valence-electron chi connectivity index (χ3n) is 3.05. The molecule has 2 N–H and O–H groups in total. The molecular formula is C15H18F3NO5. The van der Waals surface area contributed by atoms with Gasteiger partial charge in [0.05, 0.1) is 20.1 Å². The number of hydrogen-bond acceptors (Lipinski definition) is 4. The highest BCUT2D eigenvalue weighted by molar-refractivity contribution is 5.86. The van der Waals surface area contributed by atoms with Crippen LogP contribution < -0.4 is 10.1 Å². The molecule has 2 atom stereocenters. The van der Waals surface area contributed by atoms with Crippen molar-refractivity contribution in [2.24, 2.45) is 0 Å². The average molecular weight is 349 g/mol. The van der Waals surface area contributed by atoms with Crippen LogP contribution >= 0.6 is 0 Å². The molecule has 1 amide bonds. The maximum absolute atomic E-state index is 12.3. The van der Waals surface area contributed by atoms with Gasteiger partial charge in [-0.25, -0.2) is 4.79 Å². The molecule has 0 heterocycles. The van der Waals surface area contributed by atoms with E-state index in [0.29, 0.717) is 11.3 Å². The normalized spacial score (nSPS) is 13.9. The number of ether oxygens (including phenoxy) is 2. The van der Waals surface area contributed by atoms with E-state index in [1.165, 1.54) is 14.0 Å². The Morgan fingerprint density at radius 1 is 1.33 bits per heavy atom. The Morgan fingerprint density at radius 2 is 2.00 bits per heavy atom. The predicted molar refractivity (Wildman–Crippen MR) is 77.5 cm³/mol. The number of halogens is 3. The van der Waals surface area contributed by atoms with Crippen molar-refractivity contribution in [1.82, 2.24) is 5.32 Å². The highest BCUT2D eigenvalue weighted by atomic mass is 19.4. The fourth-order valence-electron chi connectivity index (χ4n) is 1.78. The summed E-state index contributed by atoms with van der Waals surface area (Å²) in [5.74, 6) is -2.11. The lowest BCUT2D eigenvalue weighted by atomic mass is 10.2. The summed E-state index contributed by atoms with van der Waals surface area (Å²) in [6, 6.07) is 4.77. The molecule has 0 saturated carbocycles. The monoisotopic (exact) mass is 349 g/mol. The lowest BCUT2D eigenvalue weighted by Crippen LogP contribution is -2.47. The molecule has 0 bridgehead atoms. The van der Waals surface area contributed by atoms with Crippen molar-refractivity contribution in [3.63, 3.8) is 0 Å². The average Bonchev–Trinajstić information content (AvgIpc) is 2.50. The summed E-state index contributed by atoms with van der Waals surface area (Å²) in [4.78, 5) is 22.6. The molecule has 0 aromatic heterocycles. The molecule has 1 aromatic rings. The molecule has 24 heavy (non-hydrogen) atoms. The first kappa shape index (κ1) is 19.8. The summed E-state index contributed by atoms with van der Waals surface area (Å²) < 4.78 is 47.2. The number of hydrogen-bond donors (Lipinski definition) is 2. The number of amides is 1. The van der Waals surface area contributed by atoms with Gasteiger partial charge in [-0.15, -0.1) is 0 Å². The van der Waals surface area contributed by atoms with Crippen molar-refractivity contribution in [3.8, 4) is 5.75 Å². The minimum atomic E-state index is -4.71. The van der Waals surface area contributed by atoms with Crippen molar-refractivity contribution in [2.45, 2.75) is 38.3 Å². The van der Waals surface area contributed by atoms with E-state index in [4.69, 9.17) is 14.6 Å². The van der Waals surface area contributed by atoms with E-state index in [1.807, 2.05) is 5.32 Å². The first-order valence-electron chi connectivity index (χ1n) is 6.97. The third-order valence-corrected chi connectivity index (χ3v) is 3.05. The number of carboxylic acids is 1.